The zero-order chi connectivity index (χ0) is 13.5. The lowest BCUT2D eigenvalue weighted by molar-refractivity contribution is -0.145. The van der Waals surface area contributed by atoms with Crippen molar-refractivity contribution in [2.75, 3.05) is 6.61 Å². The van der Waals surface area contributed by atoms with Gasteiger partial charge in [0, 0.05) is 0 Å². The summed E-state index contributed by atoms with van der Waals surface area (Å²) in [5.74, 6) is 0.335. The number of phenolic OH excluding ortho intramolecular Hbond substituents is 1. The summed E-state index contributed by atoms with van der Waals surface area (Å²) < 4.78 is 5.10. The molecule has 0 spiro atoms. The van der Waals surface area contributed by atoms with Crippen molar-refractivity contribution in [2.45, 2.75) is 32.7 Å². The molecule has 0 amide bonds. The van der Waals surface area contributed by atoms with Crippen molar-refractivity contribution in [3.63, 3.8) is 0 Å². The van der Waals surface area contributed by atoms with Crippen LogP contribution in [-0.4, -0.2) is 23.7 Å². The molecule has 4 heteroatoms. The number of hydrogen-bond donors (Lipinski definition) is 2. The highest BCUT2D eigenvalue weighted by atomic mass is 16.5. The summed E-state index contributed by atoms with van der Waals surface area (Å²) in [7, 11) is 0. The van der Waals surface area contributed by atoms with Crippen LogP contribution in [0, 0.1) is 5.92 Å². The van der Waals surface area contributed by atoms with Gasteiger partial charge in [0.1, 0.15) is 11.8 Å². The van der Waals surface area contributed by atoms with E-state index in [9.17, 15) is 4.79 Å². The van der Waals surface area contributed by atoms with Crippen LogP contribution in [-0.2, 0) is 16.0 Å². The van der Waals surface area contributed by atoms with Crippen LogP contribution in [0.3, 0.4) is 0 Å². The molecule has 0 fully saturated rings. The van der Waals surface area contributed by atoms with E-state index in [0.717, 1.165) is 12.0 Å². The number of esters is 1. The highest BCUT2D eigenvalue weighted by Gasteiger charge is 2.15. The second-order valence-electron chi connectivity index (χ2n) is 4.83. The fourth-order valence-corrected chi connectivity index (χ4v) is 1.47. The van der Waals surface area contributed by atoms with Gasteiger partial charge in [-0.25, -0.2) is 0 Å². The van der Waals surface area contributed by atoms with E-state index in [-0.39, 0.29) is 11.7 Å². The molecule has 0 radical (unpaired) electrons. The van der Waals surface area contributed by atoms with E-state index in [1.54, 1.807) is 24.3 Å². The molecule has 1 atom stereocenters. The molecule has 0 aliphatic heterocycles. The van der Waals surface area contributed by atoms with Gasteiger partial charge in [-0.05, 0) is 36.5 Å². The van der Waals surface area contributed by atoms with Crippen molar-refractivity contribution in [3.8, 4) is 5.75 Å². The number of carbonyl (C=O) groups excluding carboxylic acids is 1. The van der Waals surface area contributed by atoms with Gasteiger partial charge in [-0.15, -0.1) is 0 Å². The highest BCUT2D eigenvalue weighted by Crippen LogP contribution is 2.11. The fraction of sp³-hybridized carbons (Fsp3) is 0.500. The Morgan fingerprint density at radius 1 is 1.33 bits per heavy atom. The maximum atomic E-state index is 11.6. The number of benzene rings is 1. The molecule has 0 aliphatic carbocycles. The monoisotopic (exact) mass is 251 g/mol. The van der Waals surface area contributed by atoms with E-state index >= 15 is 0 Å². The zero-order valence-corrected chi connectivity index (χ0v) is 10.9. The first-order chi connectivity index (χ1) is 8.49. The standard InChI is InChI=1S/C14H21NO3/c1-10(2)7-8-18-14(17)13(15)9-11-3-5-12(16)6-4-11/h3-6,10,13,16H,7-9,15H2,1-2H3/t13-/m0/s1. The first-order valence-electron chi connectivity index (χ1n) is 6.19. The van der Waals surface area contributed by atoms with Crippen LogP contribution >= 0.6 is 0 Å². The molecule has 3 N–H and O–H groups in total. The van der Waals surface area contributed by atoms with Crippen molar-refractivity contribution in [1.29, 1.82) is 0 Å². The lowest BCUT2D eigenvalue weighted by Gasteiger charge is -2.12. The van der Waals surface area contributed by atoms with Crippen LogP contribution in [0.1, 0.15) is 25.8 Å². The molecule has 4 nitrogen and oxygen atoms in total. The minimum absolute atomic E-state index is 0.201. The van der Waals surface area contributed by atoms with E-state index in [2.05, 4.69) is 13.8 Å². The third-order valence-electron chi connectivity index (χ3n) is 2.63. The third kappa shape index (κ3) is 5.19. The molecule has 100 valence electrons. The summed E-state index contributed by atoms with van der Waals surface area (Å²) in [5, 5.41) is 9.15. The van der Waals surface area contributed by atoms with Crippen LogP contribution in [0.15, 0.2) is 24.3 Å². The Labute approximate surface area is 108 Å². The molecule has 0 aromatic heterocycles. The molecule has 0 saturated heterocycles. The van der Waals surface area contributed by atoms with Crippen LogP contribution in [0.25, 0.3) is 0 Å². The Hall–Kier alpha value is -1.55. The summed E-state index contributed by atoms with van der Waals surface area (Å²) >= 11 is 0. The first-order valence-corrected chi connectivity index (χ1v) is 6.19. The van der Waals surface area contributed by atoms with Gasteiger partial charge in [0.05, 0.1) is 6.61 Å². The van der Waals surface area contributed by atoms with Crippen molar-refractivity contribution in [2.24, 2.45) is 11.7 Å². The van der Waals surface area contributed by atoms with Gasteiger partial charge in [-0.3, -0.25) is 4.79 Å². The van der Waals surface area contributed by atoms with E-state index in [4.69, 9.17) is 15.6 Å². The summed E-state index contributed by atoms with van der Waals surface area (Å²) in [6.45, 7) is 4.56. The highest BCUT2D eigenvalue weighted by molar-refractivity contribution is 5.75. The van der Waals surface area contributed by atoms with Crippen LogP contribution in [0.2, 0.25) is 0 Å². The van der Waals surface area contributed by atoms with Gasteiger partial charge in [0.2, 0.25) is 0 Å². The minimum atomic E-state index is -0.651. The molecule has 1 rings (SSSR count). The number of aromatic hydroxyl groups is 1. The molecule has 0 aliphatic rings. The van der Waals surface area contributed by atoms with Gasteiger partial charge in [-0.1, -0.05) is 26.0 Å². The van der Waals surface area contributed by atoms with E-state index < -0.39 is 6.04 Å². The number of rotatable bonds is 6. The topological polar surface area (TPSA) is 72.5 Å². The third-order valence-corrected chi connectivity index (χ3v) is 2.63. The SMILES string of the molecule is CC(C)CCOC(=O)[C@@H](N)Cc1ccc(O)cc1. The van der Waals surface area contributed by atoms with Crippen molar-refractivity contribution >= 4 is 5.97 Å². The zero-order valence-electron chi connectivity index (χ0n) is 10.9. The van der Waals surface area contributed by atoms with E-state index in [0.29, 0.717) is 18.9 Å². The Kier molecular flexibility index (Phi) is 5.65. The van der Waals surface area contributed by atoms with Crippen molar-refractivity contribution in [3.05, 3.63) is 29.8 Å². The van der Waals surface area contributed by atoms with E-state index in [1.165, 1.54) is 0 Å². The Balaban J connectivity index is 2.37. The molecule has 0 bridgehead atoms. The first kappa shape index (κ1) is 14.5. The normalized spacial score (nSPS) is 12.4. The number of phenols is 1. The van der Waals surface area contributed by atoms with Gasteiger partial charge in [-0.2, -0.15) is 0 Å². The fourth-order valence-electron chi connectivity index (χ4n) is 1.47. The average molecular weight is 251 g/mol. The summed E-state index contributed by atoms with van der Waals surface area (Å²) in [4.78, 5) is 11.6. The molecule has 0 saturated carbocycles. The largest absolute Gasteiger partial charge is 0.508 e. The lowest BCUT2D eigenvalue weighted by atomic mass is 10.1. The van der Waals surface area contributed by atoms with Crippen molar-refractivity contribution < 1.29 is 14.6 Å². The second-order valence-corrected chi connectivity index (χ2v) is 4.83. The maximum Gasteiger partial charge on any atom is 0.323 e. The Bertz CT molecular complexity index is 373. The summed E-state index contributed by atoms with van der Waals surface area (Å²) in [6.07, 6.45) is 1.26. The Morgan fingerprint density at radius 2 is 1.94 bits per heavy atom. The quantitative estimate of drug-likeness (QED) is 0.757. The molecule has 1 aromatic rings. The smallest absolute Gasteiger partial charge is 0.323 e. The molecule has 0 unspecified atom stereocenters. The molecular formula is C14H21NO3. The molecular weight excluding hydrogens is 230 g/mol. The van der Waals surface area contributed by atoms with Gasteiger partial charge in [0.15, 0.2) is 0 Å². The van der Waals surface area contributed by atoms with Crippen LogP contribution < -0.4 is 5.73 Å². The number of hydrogen-bond acceptors (Lipinski definition) is 4. The van der Waals surface area contributed by atoms with E-state index in [1.807, 2.05) is 0 Å². The predicted octanol–water partition coefficient (Wildman–Crippen LogP) is 1.85. The van der Waals surface area contributed by atoms with Gasteiger partial charge in [0.25, 0.3) is 0 Å². The minimum Gasteiger partial charge on any atom is -0.508 e. The second kappa shape index (κ2) is 7.01. The number of ether oxygens (including phenoxy) is 1. The van der Waals surface area contributed by atoms with Gasteiger partial charge >= 0.3 is 5.97 Å². The summed E-state index contributed by atoms with van der Waals surface area (Å²) in [6, 6.07) is 5.99. The molecule has 0 heterocycles. The molecule has 18 heavy (non-hydrogen) atoms. The van der Waals surface area contributed by atoms with Gasteiger partial charge < -0.3 is 15.6 Å². The predicted molar refractivity (Wildman–Crippen MR) is 70.2 cm³/mol. The summed E-state index contributed by atoms with van der Waals surface area (Å²) in [5.41, 5.74) is 6.67. The number of nitrogens with two attached hydrogens (primary N) is 1. The van der Waals surface area contributed by atoms with Crippen LogP contribution in [0.4, 0.5) is 0 Å². The average Bonchev–Trinajstić information content (AvgIpc) is 2.31. The lowest BCUT2D eigenvalue weighted by Crippen LogP contribution is -2.34. The van der Waals surface area contributed by atoms with Crippen molar-refractivity contribution in [1.82, 2.24) is 0 Å². The van der Waals surface area contributed by atoms with Crippen LogP contribution in [0.5, 0.6) is 5.75 Å². The number of carbonyl (C=O) groups is 1. The molecule has 1 aromatic carbocycles. The maximum absolute atomic E-state index is 11.6. The Morgan fingerprint density at radius 3 is 2.50 bits per heavy atom.